The summed E-state index contributed by atoms with van der Waals surface area (Å²) < 4.78 is 0. The van der Waals surface area contributed by atoms with Gasteiger partial charge in [0.25, 0.3) is 0 Å². The lowest BCUT2D eigenvalue weighted by Crippen LogP contribution is -2.20. The molecule has 0 aliphatic heterocycles. The fourth-order valence-corrected chi connectivity index (χ4v) is 3.81. The van der Waals surface area contributed by atoms with Crippen LogP contribution in [-0.2, 0) is 22.4 Å². The Kier molecular flexibility index (Phi) is 8.27. The highest BCUT2D eigenvalue weighted by molar-refractivity contribution is 5.81. The zero-order chi connectivity index (χ0) is 20.6. The van der Waals surface area contributed by atoms with E-state index in [-0.39, 0.29) is 10.8 Å². The summed E-state index contributed by atoms with van der Waals surface area (Å²) in [5, 5.41) is 9.21. The van der Waals surface area contributed by atoms with Crippen LogP contribution in [0.5, 0.6) is 0 Å². The molecule has 0 aromatic heterocycles. The van der Waals surface area contributed by atoms with Crippen LogP contribution >= 0.6 is 0 Å². The first-order valence-electron chi connectivity index (χ1n) is 11.1. The third-order valence-electron chi connectivity index (χ3n) is 6.67. The number of aryl methyl sites for hydroxylation is 2. The number of benzene rings is 1. The van der Waals surface area contributed by atoms with Crippen molar-refractivity contribution in [1.82, 2.24) is 0 Å². The Morgan fingerprint density at radius 1 is 0.893 bits per heavy atom. The van der Waals surface area contributed by atoms with E-state index in [2.05, 4.69) is 24.3 Å². The Balaban J connectivity index is 1.56. The highest BCUT2D eigenvalue weighted by Crippen LogP contribution is 2.50. The highest BCUT2D eigenvalue weighted by atomic mass is 16.4. The second-order valence-corrected chi connectivity index (χ2v) is 9.46. The molecule has 0 heterocycles. The molecule has 0 amide bonds. The van der Waals surface area contributed by atoms with E-state index in [0.29, 0.717) is 5.78 Å². The van der Waals surface area contributed by atoms with Crippen molar-refractivity contribution in [1.29, 1.82) is 0 Å². The van der Waals surface area contributed by atoms with Crippen molar-refractivity contribution < 1.29 is 14.7 Å². The standard InChI is InChI=1S/C25H38O3/c1-20(26)24(2,3)16-8-5-4-6-10-21-12-14-22(15-13-21)11-7-9-17-25(18-19-25)23(27)28/h12-15H,4-11,16-19H2,1-3H3,(H,27,28). The predicted octanol–water partition coefficient (Wildman–Crippen LogP) is 6.37. The number of hydrogen-bond acceptors (Lipinski definition) is 2. The predicted molar refractivity (Wildman–Crippen MR) is 115 cm³/mol. The van der Waals surface area contributed by atoms with E-state index in [4.69, 9.17) is 0 Å². The molecule has 0 spiro atoms. The number of unbranched alkanes of at least 4 members (excludes halogenated alkanes) is 4. The monoisotopic (exact) mass is 386 g/mol. The van der Waals surface area contributed by atoms with Crippen molar-refractivity contribution in [3.8, 4) is 0 Å². The largest absolute Gasteiger partial charge is 0.481 e. The topological polar surface area (TPSA) is 54.4 Å². The zero-order valence-corrected chi connectivity index (χ0v) is 18.1. The minimum Gasteiger partial charge on any atom is -0.481 e. The second-order valence-electron chi connectivity index (χ2n) is 9.46. The lowest BCUT2D eigenvalue weighted by atomic mass is 9.83. The van der Waals surface area contributed by atoms with Crippen LogP contribution in [-0.4, -0.2) is 16.9 Å². The number of carbonyl (C=O) groups is 2. The van der Waals surface area contributed by atoms with Gasteiger partial charge in [0.15, 0.2) is 0 Å². The van der Waals surface area contributed by atoms with Gasteiger partial charge in [-0.15, -0.1) is 0 Å². The Hall–Kier alpha value is -1.64. The van der Waals surface area contributed by atoms with Crippen LogP contribution in [0.1, 0.15) is 96.1 Å². The molecule has 3 heteroatoms. The first kappa shape index (κ1) is 22.6. The molecule has 1 aromatic rings. The van der Waals surface area contributed by atoms with Gasteiger partial charge in [0.2, 0.25) is 0 Å². The molecule has 1 fully saturated rings. The summed E-state index contributed by atoms with van der Waals surface area (Å²) >= 11 is 0. The van der Waals surface area contributed by atoms with Crippen molar-refractivity contribution in [3.63, 3.8) is 0 Å². The van der Waals surface area contributed by atoms with Gasteiger partial charge in [0.1, 0.15) is 5.78 Å². The molecule has 0 radical (unpaired) electrons. The molecule has 1 aromatic carbocycles. The minimum atomic E-state index is -0.598. The van der Waals surface area contributed by atoms with E-state index in [1.807, 2.05) is 13.8 Å². The lowest BCUT2D eigenvalue weighted by Gasteiger charge is -2.20. The molecular formula is C25H38O3. The van der Waals surface area contributed by atoms with E-state index < -0.39 is 5.97 Å². The fourth-order valence-electron chi connectivity index (χ4n) is 3.81. The summed E-state index contributed by atoms with van der Waals surface area (Å²) in [6.45, 7) is 5.79. The van der Waals surface area contributed by atoms with E-state index in [1.54, 1.807) is 6.92 Å². The molecule has 1 N–H and O–H groups in total. The molecule has 0 bridgehead atoms. The summed E-state index contributed by atoms with van der Waals surface area (Å²) in [5.74, 6) is -0.305. The fraction of sp³-hybridized carbons (Fsp3) is 0.680. The van der Waals surface area contributed by atoms with Gasteiger partial charge >= 0.3 is 5.97 Å². The number of carboxylic acids is 1. The van der Waals surface area contributed by atoms with Gasteiger partial charge in [-0.1, -0.05) is 63.8 Å². The third kappa shape index (κ3) is 7.07. The first-order valence-corrected chi connectivity index (χ1v) is 11.1. The number of aliphatic carboxylic acids is 1. The SMILES string of the molecule is CC(=O)C(C)(C)CCCCCCc1ccc(CCCCC2(C(=O)O)CC2)cc1. The molecule has 156 valence electrons. The van der Waals surface area contributed by atoms with Crippen LogP contribution in [0.15, 0.2) is 24.3 Å². The van der Waals surface area contributed by atoms with Crippen LogP contribution in [0.25, 0.3) is 0 Å². The number of ketones is 1. The lowest BCUT2D eigenvalue weighted by molar-refractivity contribution is -0.143. The number of carboxylic acid groups (broad SMARTS) is 1. The van der Waals surface area contributed by atoms with Gasteiger partial charge in [0.05, 0.1) is 5.41 Å². The van der Waals surface area contributed by atoms with Crippen molar-refractivity contribution >= 4 is 11.8 Å². The number of Topliss-reactive ketones (excluding diaryl/α,β-unsaturated/α-hetero) is 1. The first-order chi connectivity index (χ1) is 13.3. The Morgan fingerprint density at radius 2 is 1.39 bits per heavy atom. The van der Waals surface area contributed by atoms with Gasteiger partial charge in [0, 0.05) is 5.41 Å². The number of hydrogen-bond donors (Lipinski definition) is 1. The molecule has 1 aliphatic rings. The van der Waals surface area contributed by atoms with Crippen LogP contribution in [0.3, 0.4) is 0 Å². The smallest absolute Gasteiger partial charge is 0.309 e. The van der Waals surface area contributed by atoms with Crippen molar-refractivity contribution in [2.24, 2.45) is 10.8 Å². The molecule has 3 nitrogen and oxygen atoms in total. The van der Waals surface area contributed by atoms with Gasteiger partial charge in [-0.2, -0.15) is 0 Å². The molecule has 0 saturated heterocycles. The summed E-state index contributed by atoms with van der Waals surface area (Å²) in [7, 11) is 0. The average molecular weight is 387 g/mol. The van der Waals surface area contributed by atoms with Gasteiger partial charge in [-0.25, -0.2) is 0 Å². The normalized spacial score (nSPS) is 15.4. The molecule has 1 saturated carbocycles. The van der Waals surface area contributed by atoms with Crippen molar-refractivity contribution in [3.05, 3.63) is 35.4 Å². The summed E-state index contributed by atoms with van der Waals surface area (Å²) in [4.78, 5) is 22.7. The zero-order valence-electron chi connectivity index (χ0n) is 18.1. The molecule has 0 unspecified atom stereocenters. The summed E-state index contributed by atoms with van der Waals surface area (Å²) in [6.07, 6.45) is 12.6. The summed E-state index contributed by atoms with van der Waals surface area (Å²) in [6, 6.07) is 8.95. The van der Waals surface area contributed by atoms with Crippen LogP contribution in [0, 0.1) is 10.8 Å². The van der Waals surface area contributed by atoms with Gasteiger partial charge in [-0.3, -0.25) is 9.59 Å². The highest BCUT2D eigenvalue weighted by Gasteiger charge is 2.49. The maximum Gasteiger partial charge on any atom is 0.309 e. The second kappa shape index (κ2) is 10.2. The average Bonchev–Trinajstić information content (AvgIpc) is 3.44. The van der Waals surface area contributed by atoms with Crippen LogP contribution in [0.2, 0.25) is 0 Å². The molecule has 2 rings (SSSR count). The van der Waals surface area contributed by atoms with Crippen LogP contribution in [0.4, 0.5) is 0 Å². The number of rotatable bonds is 14. The summed E-state index contributed by atoms with van der Waals surface area (Å²) in [5.41, 5.74) is 2.22. The van der Waals surface area contributed by atoms with E-state index in [0.717, 1.165) is 57.8 Å². The van der Waals surface area contributed by atoms with Crippen LogP contribution < -0.4 is 0 Å². The van der Waals surface area contributed by atoms with E-state index >= 15 is 0 Å². The van der Waals surface area contributed by atoms with E-state index in [1.165, 1.54) is 30.4 Å². The quantitative estimate of drug-likeness (QED) is 0.378. The molecule has 0 atom stereocenters. The molecule has 28 heavy (non-hydrogen) atoms. The van der Waals surface area contributed by atoms with Gasteiger partial charge in [-0.05, 0) is 69.4 Å². The third-order valence-corrected chi connectivity index (χ3v) is 6.67. The Bertz CT molecular complexity index is 638. The van der Waals surface area contributed by atoms with Gasteiger partial charge < -0.3 is 5.11 Å². The Labute approximate surface area is 170 Å². The molecule has 1 aliphatic carbocycles. The maximum absolute atomic E-state index is 11.5. The number of carbonyl (C=O) groups excluding carboxylic acids is 1. The minimum absolute atomic E-state index is 0.164. The van der Waals surface area contributed by atoms with Crippen molar-refractivity contribution in [2.75, 3.05) is 0 Å². The molecular weight excluding hydrogens is 348 g/mol. The van der Waals surface area contributed by atoms with Crippen molar-refractivity contribution in [2.45, 2.75) is 97.8 Å². The maximum atomic E-state index is 11.5. The van der Waals surface area contributed by atoms with E-state index in [9.17, 15) is 14.7 Å². The Morgan fingerprint density at radius 3 is 1.86 bits per heavy atom.